The highest BCUT2D eigenvalue weighted by atomic mass is 32.2. The van der Waals surface area contributed by atoms with Crippen molar-refractivity contribution in [2.75, 3.05) is 19.5 Å². The second kappa shape index (κ2) is 12.5. The number of thioether (sulfide) groups is 1. The van der Waals surface area contributed by atoms with E-state index in [1.54, 1.807) is 36.7 Å². The van der Waals surface area contributed by atoms with Gasteiger partial charge < -0.3 is 9.47 Å². The van der Waals surface area contributed by atoms with Gasteiger partial charge in [0.25, 0.3) is 5.91 Å². The number of amides is 1. The van der Waals surface area contributed by atoms with Crippen LogP contribution in [-0.2, 0) is 9.53 Å². The Morgan fingerprint density at radius 2 is 1.86 bits per heavy atom. The van der Waals surface area contributed by atoms with Gasteiger partial charge in [-0.3, -0.25) is 14.3 Å². The number of nitrogens with zero attached hydrogens (tertiary/aromatic N) is 5. The van der Waals surface area contributed by atoms with Crippen LogP contribution in [0, 0.1) is 0 Å². The quantitative estimate of drug-likeness (QED) is 0.146. The van der Waals surface area contributed by atoms with E-state index in [4.69, 9.17) is 4.74 Å². The maximum atomic E-state index is 12.4. The Hall–Kier alpha value is -4.51. The first-order chi connectivity index (χ1) is 18.1. The van der Waals surface area contributed by atoms with Gasteiger partial charge in [0.15, 0.2) is 11.0 Å². The third-order valence-corrected chi connectivity index (χ3v) is 5.95. The molecule has 0 spiro atoms. The number of hydrogen-bond donors (Lipinski definition) is 1. The van der Waals surface area contributed by atoms with Crippen LogP contribution in [0.4, 0.5) is 0 Å². The molecule has 0 saturated carbocycles. The number of pyridine rings is 1. The number of carbonyl (C=O) groups excluding carboxylic acids is 2. The van der Waals surface area contributed by atoms with E-state index in [1.807, 2.05) is 47.9 Å². The molecule has 0 radical (unpaired) electrons. The summed E-state index contributed by atoms with van der Waals surface area (Å²) in [6.07, 6.45) is 4.89. The van der Waals surface area contributed by atoms with Crippen LogP contribution in [0.1, 0.15) is 22.8 Å². The first-order valence-corrected chi connectivity index (χ1v) is 12.3. The molecule has 0 aliphatic rings. The second-order valence-corrected chi connectivity index (χ2v) is 8.45. The standard InChI is InChI=1S/C26H24N6O4S/c1-3-36-22-12-10-21(11-13-22)32-24(20-5-4-14-27-16-20)30-31-26(32)37-17-23(33)29-28-15-18-6-8-19(9-7-18)25(34)35-2/h4-16H,3,17H2,1-2H3,(H,29,33)/b28-15+. The summed E-state index contributed by atoms with van der Waals surface area (Å²) in [7, 11) is 1.32. The number of methoxy groups -OCH3 is 1. The summed E-state index contributed by atoms with van der Waals surface area (Å²) in [6, 6.07) is 18.0. The second-order valence-electron chi connectivity index (χ2n) is 7.51. The fourth-order valence-electron chi connectivity index (χ4n) is 3.30. The Morgan fingerprint density at radius 3 is 2.54 bits per heavy atom. The van der Waals surface area contributed by atoms with Gasteiger partial charge >= 0.3 is 5.97 Å². The summed E-state index contributed by atoms with van der Waals surface area (Å²) in [5, 5.41) is 13.2. The molecule has 1 amide bonds. The predicted octanol–water partition coefficient (Wildman–Crippen LogP) is 3.76. The number of ether oxygens (including phenoxy) is 2. The summed E-state index contributed by atoms with van der Waals surface area (Å²) in [6.45, 7) is 2.50. The molecule has 2 aromatic heterocycles. The number of esters is 1. The first-order valence-electron chi connectivity index (χ1n) is 11.3. The molecule has 0 atom stereocenters. The molecule has 0 saturated heterocycles. The number of hydrogen-bond acceptors (Lipinski definition) is 9. The van der Waals surface area contributed by atoms with Crippen molar-refractivity contribution in [1.82, 2.24) is 25.2 Å². The molecule has 37 heavy (non-hydrogen) atoms. The summed E-state index contributed by atoms with van der Waals surface area (Å²) < 4.78 is 12.1. The van der Waals surface area contributed by atoms with Gasteiger partial charge in [0.1, 0.15) is 5.75 Å². The molecule has 11 heteroatoms. The molecule has 0 unspecified atom stereocenters. The van der Waals surface area contributed by atoms with Gasteiger partial charge in [-0.25, -0.2) is 10.2 Å². The molecule has 10 nitrogen and oxygen atoms in total. The number of carbonyl (C=O) groups is 2. The van der Waals surface area contributed by atoms with Crippen LogP contribution in [0.5, 0.6) is 5.75 Å². The highest BCUT2D eigenvalue weighted by Crippen LogP contribution is 2.28. The Morgan fingerprint density at radius 1 is 1.08 bits per heavy atom. The van der Waals surface area contributed by atoms with Gasteiger partial charge in [-0.15, -0.1) is 10.2 Å². The monoisotopic (exact) mass is 516 g/mol. The van der Waals surface area contributed by atoms with E-state index in [0.29, 0.717) is 23.2 Å². The number of benzene rings is 2. The first kappa shape index (κ1) is 25.6. The zero-order chi connectivity index (χ0) is 26.0. The molecule has 0 aliphatic carbocycles. The molecule has 0 aliphatic heterocycles. The van der Waals surface area contributed by atoms with E-state index in [0.717, 1.165) is 22.6 Å². The SMILES string of the molecule is CCOc1ccc(-n2c(SCC(=O)N/N=C/c3ccc(C(=O)OC)cc3)nnc2-c2cccnc2)cc1. The maximum Gasteiger partial charge on any atom is 0.337 e. The van der Waals surface area contributed by atoms with Crippen LogP contribution >= 0.6 is 11.8 Å². The lowest BCUT2D eigenvalue weighted by Gasteiger charge is -2.11. The molecule has 0 bridgehead atoms. The van der Waals surface area contributed by atoms with Gasteiger partial charge in [-0.2, -0.15) is 5.10 Å². The number of nitrogens with one attached hydrogen (secondary N) is 1. The van der Waals surface area contributed by atoms with Crippen molar-refractivity contribution in [1.29, 1.82) is 0 Å². The molecule has 4 aromatic rings. The Labute approximate surface area is 217 Å². The van der Waals surface area contributed by atoms with Crippen molar-refractivity contribution >= 4 is 29.9 Å². The summed E-state index contributed by atoms with van der Waals surface area (Å²) >= 11 is 1.23. The largest absolute Gasteiger partial charge is 0.494 e. The average Bonchev–Trinajstić information content (AvgIpc) is 3.37. The minimum Gasteiger partial charge on any atom is -0.494 e. The van der Waals surface area contributed by atoms with Gasteiger partial charge in [0, 0.05) is 23.6 Å². The van der Waals surface area contributed by atoms with Crippen molar-refractivity contribution < 1.29 is 19.1 Å². The third kappa shape index (κ3) is 6.58. The third-order valence-electron chi connectivity index (χ3n) is 5.03. The summed E-state index contributed by atoms with van der Waals surface area (Å²) in [5.74, 6) is 0.707. The average molecular weight is 517 g/mol. The lowest BCUT2D eigenvalue weighted by atomic mass is 10.1. The zero-order valence-corrected chi connectivity index (χ0v) is 21.0. The molecular weight excluding hydrogens is 492 g/mol. The fraction of sp³-hybridized carbons (Fsp3) is 0.154. The smallest absolute Gasteiger partial charge is 0.337 e. The Kier molecular flexibility index (Phi) is 8.61. The fourth-order valence-corrected chi connectivity index (χ4v) is 4.04. The summed E-state index contributed by atoms with van der Waals surface area (Å²) in [4.78, 5) is 28.1. The number of rotatable bonds is 10. The minimum absolute atomic E-state index is 0.0703. The molecule has 188 valence electrons. The number of aromatic nitrogens is 4. The van der Waals surface area contributed by atoms with E-state index in [1.165, 1.54) is 25.1 Å². The Balaban J connectivity index is 1.45. The highest BCUT2D eigenvalue weighted by molar-refractivity contribution is 7.99. The normalized spacial score (nSPS) is 10.9. The van der Waals surface area contributed by atoms with Crippen molar-refractivity contribution in [3.63, 3.8) is 0 Å². The molecule has 0 fully saturated rings. The van der Waals surface area contributed by atoms with E-state index in [9.17, 15) is 9.59 Å². The molecule has 4 rings (SSSR count). The van der Waals surface area contributed by atoms with Crippen LogP contribution in [0.15, 0.2) is 83.3 Å². The molecule has 1 N–H and O–H groups in total. The van der Waals surface area contributed by atoms with Crippen LogP contribution < -0.4 is 10.2 Å². The number of hydrazone groups is 1. The van der Waals surface area contributed by atoms with Gasteiger partial charge in [-0.1, -0.05) is 23.9 Å². The lowest BCUT2D eigenvalue weighted by Crippen LogP contribution is -2.20. The van der Waals surface area contributed by atoms with E-state index >= 15 is 0 Å². The summed E-state index contributed by atoms with van der Waals surface area (Å²) in [5.41, 5.74) is 5.27. The van der Waals surface area contributed by atoms with Gasteiger partial charge in [-0.05, 0) is 61.0 Å². The van der Waals surface area contributed by atoms with Crippen molar-refractivity contribution in [2.45, 2.75) is 12.1 Å². The van der Waals surface area contributed by atoms with Gasteiger partial charge in [0.05, 0.1) is 31.2 Å². The molecule has 2 heterocycles. The van der Waals surface area contributed by atoms with Crippen LogP contribution in [0.25, 0.3) is 17.1 Å². The molecular formula is C26H24N6O4S. The van der Waals surface area contributed by atoms with Crippen molar-refractivity contribution in [3.05, 3.63) is 84.2 Å². The maximum absolute atomic E-state index is 12.4. The van der Waals surface area contributed by atoms with Crippen molar-refractivity contribution in [3.8, 4) is 22.8 Å². The Bertz CT molecular complexity index is 1370. The van der Waals surface area contributed by atoms with Crippen molar-refractivity contribution in [2.24, 2.45) is 5.10 Å². The topological polar surface area (TPSA) is 121 Å². The minimum atomic E-state index is -0.418. The van der Waals surface area contributed by atoms with E-state index in [-0.39, 0.29) is 11.7 Å². The van der Waals surface area contributed by atoms with E-state index < -0.39 is 5.97 Å². The predicted molar refractivity (Wildman–Crippen MR) is 140 cm³/mol. The lowest BCUT2D eigenvalue weighted by molar-refractivity contribution is -0.118. The van der Waals surface area contributed by atoms with Crippen LogP contribution in [0.3, 0.4) is 0 Å². The van der Waals surface area contributed by atoms with Crippen LogP contribution in [0.2, 0.25) is 0 Å². The highest BCUT2D eigenvalue weighted by Gasteiger charge is 2.17. The van der Waals surface area contributed by atoms with Crippen LogP contribution in [-0.4, -0.2) is 57.3 Å². The molecule has 2 aromatic carbocycles. The van der Waals surface area contributed by atoms with Gasteiger partial charge in [0.2, 0.25) is 0 Å². The zero-order valence-electron chi connectivity index (χ0n) is 20.2. The van der Waals surface area contributed by atoms with E-state index in [2.05, 4.69) is 30.4 Å².